The highest BCUT2D eigenvalue weighted by atomic mass is 15.0. The molecule has 7 heteroatoms. The largest absolute Gasteiger partial charge is 0.246 e. The van der Waals surface area contributed by atoms with Crippen molar-refractivity contribution in [2.75, 3.05) is 0 Å². The first-order valence-corrected chi connectivity index (χ1v) is 37.8. The van der Waals surface area contributed by atoms with Crippen molar-refractivity contribution in [3.63, 3.8) is 0 Å². The molecule has 0 N–H and O–H groups in total. The quantitative estimate of drug-likeness (QED) is 0.100. The maximum Gasteiger partial charge on any atom is 0.164 e. The lowest BCUT2D eigenvalue weighted by molar-refractivity contribution is 1.07. The number of hydrogen-bond acceptors (Lipinski definition) is 7. The molecule has 4 aromatic heterocycles. The maximum atomic E-state index is 5.44. The van der Waals surface area contributed by atoms with Gasteiger partial charge in [-0.15, -0.1) is 0 Å². The Morgan fingerprint density at radius 3 is 0.688 bits per heavy atom. The zero-order valence-corrected chi connectivity index (χ0v) is 61.0. The Morgan fingerprint density at radius 2 is 0.357 bits per heavy atom. The van der Waals surface area contributed by atoms with Crippen molar-refractivity contribution in [1.82, 2.24) is 34.9 Å². The lowest BCUT2D eigenvalue weighted by atomic mass is 9.91. The first-order valence-electron chi connectivity index (χ1n) is 37.8. The molecule has 0 aliphatic carbocycles. The predicted molar refractivity (Wildman–Crippen MR) is 464 cm³/mol. The second-order valence-electron chi connectivity index (χ2n) is 27.8. The molecule has 0 unspecified atom stereocenters. The van der Waals surface area contributed by atoms with Crippen LogP contribution < -0.4 is 0 Å². The SMILES string of the molecule is c1ccc(-c2cc(-c3ccc(-c4ccc(-c5cccc6c5nc(-c5ccccc5)c5cccc(-c7ccccc7)c56)cc4)cc3)nc(-c3ccccc3)n2)cc1.c1ccc(-c2nc(-c3ccccc3)nc(-c3ccc(-c4ccc(-c5cccc6c5nc(-c5ccccc5)c5cccc(-c7ccccc7)c56)cc4)cc3)n2)cc1. The van der Waals surface area contributed by atoms with Crippen LogP contribution in [0.1, 0.15) is 0 Å². The Bertz CT molecular complexity index is 6230. The van der Waals surface area contributed by atoms with Gasteiger partial charge in [-0.1, -0.05) is 413 Å². The van der Waals surface area contributed by atoms with Crippen LogP contribution in [0.3, 0.4) is 0 Å². The van der Waals surface area contributed by atoms with E-state index in [1.165, 1.54) is 33.0 Å². The molecular formula is C105H69N7. The van der Waals surface area contributed by atoms with Crippen molar-refractivity contribution < 1.29 is 0 Å². The minimum atomic E-state index is 0.640. The summed E-state index contributed by atoms with van der Waals surface area (Å²) in [6.45, 7) is 0. The van der Waals surface area contributed by atoms with Crippen molar-refractivity contribution >= 4 is 43.4 Å². The molecule has 20 rings (SSSR count). The van der Waals surface area contributed by atoms with Gasteiger partial charge in [0.2, 0.25) is 0 Å². The summed E-state index contributed by atoms with van der Waals surface area (Å²) in [7, 11) is 0. The van der Waals surface area contributed by atoms with Crippen LogP contribution >= 0.6 is 0 Å². The lowest BCUT2D eigenvalue weighted by Crippen LogP contribution is -2.00. The van der Waals surface area contributed by atoms with Gasteiger partial charge in [0.25, 0.3) is 0 Å². The minimum Gasteiger partial charge on any atom is -0.246 e. The average molecular weight is 1430 g/mol. The Morgan fingerprint density at radius 1 is 0.134 bits per heavy atom. The molecule has 0 aliphatic heterocycles. The van der Waals surface area contributed by atoms with E-state index in [9.17, 15) is 0 Å². The lowest BCUT2D eigenvalue weighted by Gasteiger charge is -2.16. The third kappa shape index (κ3) is 13.5. The zero-order chi connectivity index (χ0) is 74.5. The highest BCUT2D eigenvalue weighted by molar-refractivity contribution is 6.21. The molecule has 0 saturated carbocycles. The number of fused-ring (bicyclic) bond motifs is 6. The summed E-state index contributed by atoms with van der Waals surface area (Å²) in [5, 5.41) is 7.01. The molecule has 0 saturated heterocycles. The van der Waals surface area contributed by atoms with Gasteiger partial charge in [0.1, 0.15) is 0 Å². The fourth-order valence-electron chi connectivity index (χ4n) is 15.3. The number of benzene rings is 16. The van der Waals surface area contributed by atoms with Gasteiger partial charge >= 0.3 is 0 Å². The van der Waals surface area contributed by atoms with E-state index in [-0.39, 0.29) is 0 Å². The fraction of sp³-hybridized carbons (Fsp3) is 0. The van der Waals surface area contributed by atoms with E-state index in [4.69, 9.17) is 34.9 Å². The van der Waals surface area contributed by atoms with E-state index >= 15 is 0 Å². The smallest absolute Gasteiger partial charge is 0.164 e. The number of rotatable bonds is 14. The van der Waals surface area contributed by atoms with Crippen molar-refractivity contribution in [3.8, 4) is 157 Å². The summed E-state index contributed by atoms with van der Waals surface area (Å²) in [5.41, 5.74) is 27.7. The highest BCUT2D eigenvalue weighted by Gasteiger charge is 2.21. The van der Waals surface area contributed by atoms with E-state index in [0.717, 1.165) is 144 Å². The molecule has 7 nitrogen and oxygen atoms in total. The summed E-state index contributed by atoms with van der Waals surface area (Å²) in [5.74, 6) is 2.65. The van der Waals surface area contributed by atoms with Gasteiger partial charge in [-0.3, -0.25) is 0 Å². The van der Waals surface area contributed by atoms with Gasteiger partial charge in [-0.2, -0.15) is 0 Å². The zero-order valence-electron chi connectivity index (χ0n) is 61.0. The van der Waals surface area contributed by atoms with Gasteiger partial charge in [0.15, 0.2) is 23.3 Å². The van der Waals surface area contributed by atoms with E-state index in [1.807, 2.05) is 97.1 Å². The number of para-hydroxylation sites is 2. The highest BCUT2D eigenvalue weighted by Crippen LogP contribution is 2.45. The first-order chi connectivity index (χ1) is 55.5. The number of hydrogen-bond donors (Lipinski definition) is 0. The molecule has 0 spiro atoms. The number of pyridine rings is 2. The molecule has 0 atom stereocenters. The normalized spacial score (nSPS) is 11.2. The van der Waals surface area contributed by atoms with E-state index in [1.54, 1.807) is 0 Å². The molecule has 0 fully saturated rings. The summed E-state index contributed by atoms with van der Waals surface area (Å²) < 4.78 is 0. The van der Waals surface area contributed by atoms with Crippen molar-refractivity contribution in [3.05, 3.63) is 419 Å². The Hall–Kier alpha value is -15.1. The standard InChI is InChI=1S/C53H35N3.C52H34N4/c1-5-15-38(16-6-1)44-23-13-25-46-50(44)47-26-14-24-45(52(47)56-51(46)42-19-9-3-10-20-42)39-31-27-36(28-32-39)37-29-33-41(34-30-37)49-35-48(40-17-7-2-8-18-40)54-53(55-49)43-21-11-4-12-22-43;1-5-15-37(16-6-1)43-23-13-25-45-47(43)46-26-14-24-44(49(46)53-48(45)39-17-7-2-8-18-39)38-31-27-35(28-32-38)36-29-33-42(34-30-36)52-55-50(40-19-9-3-10-20-40)54-51(56-52)41-21-11-4-12-22-41/h1-35H;1-34H. The molecule has 0 bridgehead atoms. The third-order valence-corrected chi connectivity index (χ3v) is 20.9. The molecule has 0 aliphatic rings. The van der Waals surface area contributed by atoms with Crippen LogP contribution in [0.2, 0.25) is 0 Å². The predicted octanol–water partition coefficient (Wildman–Crippen LogP) is 27.1. The van der Waals surface area contributed by atoms with E-state index in [2.05, 4.69) is 322 Å². The molecule has 0 amide bonds. The van der Waals surface area contributed by atoms with Crippen LogP contribution in [0.5, 0.6) is 0 Å². The molecule has 4 heterocycles. The molecule has 112 heavy (non-hydrogen) atoms. The topological polar surface area (TPSA) is 90.2 Å². The van der Waals surface area contributed by atoms with Crippen molar-refractivity contribution in [1.29, 1.82) is 0 Å². The van der Waals surface area contributed by atoms with Gasteiger partial charge in [-0.05, 0) is 61.7 Å². The summed E-state index contributed by atoms with van der Waals surface area (Å²) in [6.07, 6.45) is 0. The minimum absolute atomic E-state index is 0.640. The first kappa shape index (κ1) is 67.5. The average Bonchev–Trinajstić information content (AvgIpc) is 0.739. The third-order valence-electron chi connectivity index (χ3n) is 20.9. The molecule has 16 aromatic carbocycles. The van der Waals surface area contributed by atoms with E-state index in [0.29, 0.717) is 23.3 Å². The second-order valence-corrected chi connectivity index (χ2v) is 27.8. The van der Waals surface area contributed by atoms with Crippen molar-refractivity contribution in [2.45, 2.75) is 0 Å². The molecular weight excluding hydrogens is 1360 g/mol. The van der Waals surface area contributed by atoms with Gasteiger partial charge in [-0.25, -0.2) is 34.9 Å². The monoisotopic (exact) mass is 1430 g/mol. The van der Waals surface area contributed by atoms with Crippen LogP contribution in [0.4, 0.5) is 0 Å². The Labute approximate surface area is 650 Å². The molecule has 0 radical (unpaired) electrons. The van der Waals surface area contributed by atoms with Crippen LogP contribution in [0, 0.1) is 0 Å². The molecule has 20 aromatic rings. The summed E-state index contributed by atoms with van der Waals surface area (Å²) in [6, 6.07) is 146. The van der Waals surface area contributed by atoms with Gasteiger partial charge in [0.05, 0.1) is 33.8 Å². The summed E-state index contributed by atoms with van der Waals surface area (Å²) in [4.78, 5) is 35.5. The van der Waals surface area contributed by atoms with Crippen LogP contribution in [-0.4, -0.2) is 34.9 Å². The van der Waals surface area contributed by atoms with Crippen molar-refractivity contribution in [2.24, 2.45) is 0 Å². The van der Waals surface area contributed by atoms with Crippen LogP contribution in [0.25, 0.3) is 201 Å². The second kappa shape index (κ2) is 30.3. The maximum absolute atomic E-state index is 5.44. The van der Waals surface area contributed by atoms with Gasteiger partial charge in [0, 0.05) is 88.0 Å². The van der Waals surface area contributed by atoms with Crippen LogP contribution in [-0.2, 0) is 0 Å². The molecule has 524 valence electrons. The van der Waals surface area contributed by atoms with Crippen LogP contribution in [0.15, 0.2) is 419 Å². The fourth-order valence-corrected chi connectivity index (χ4v) is 15.3. The van der Waals surface area contributed by atoms with Gasteiger partial charge < -0.3 is 0 Å². The number of aromatic nitrogens is 7. The van der Waals surface area contributed by atoms with E-state index < -0.39 is 0 Å². The number of nitrogens with zero attached hydrogens (tertiary/aromatic N) is 7. The Kier molecular flexibility index (Phi) is 18.3. The summed E-state index contributed by atoms with van der Waals surface area (Å²) >= 11 is 0. The Balaban J connectivity index is 0.000000151.